The van der Waals surface area contributed by atoms with Crippen molar-refractivity contribution in [3.05, 3.63) is 59.2 Å². The fourth-order valence-corrected chi connectivity index (χ4v) is 2.02. The van der Waals surface area contributed by atoms with Crippen LogP contribution in [0.2, 0.25) is 0 Å². The SMILES string of the molecule is COc1cc(/C=C\C(=O)c2cccc(C#N)c2)cc(OC)c1O. The van der Waals surface area contributed by atoms with Crippen LogP contribution in [0.15, 0.2) is 42.5 Å². The van der Waals surface area contributed by atoms with Crippen molar-refractivity contribution in [1.29, 1.82) is 5.26 Å². The number of ketones is 1. The molecule has 0 atom stereocenters. The molecule has 0 spiro atoms. The van der Waals surface area contributed by atoms with Crippen LogP contribution < -0.4 is 9.47 Å². The van der Waals surface area contributed by atoms with E-state index in [1.54, 1.807) is 36.4 Å². The first-order valence-corrected chi connectivity index (χ1v) is 6.76. The van der Waals surface area contributed by atoms with Crippen molar-refractivity contribution in [1.82, 2.24) is 0 Å². The molecule has 0 unspecified atom stereocenters. The first-order chi connectivity index (χ1) is 11.1. The van der Waals surface area contributed by atoms with Crippen molar-refractivity contribution in [2.24, 2.45) is 0 Å². The number of allylic oxidation sites excluding steroid dienone is 1. The Balaban J connectivity index is 2.29. The molecule has 116 valence electrons. The highest BCUT2D eigenvalue weighted by Crippen LogP contribution is 2.37. The molecular formula is C18H15NO4. The molecule has 0 amide bonds. The maximum absolute atomic E-state index is 12.2. The van der Waals surface area contributed by atoms with Gasteiger partial charge in [0.15, 0.2) is 17.3 Å². The number of hydrogen-bond donors (Lipinski definition) is 1. The third kappa shape index (κ3) is 3.69. The molecule has 0 aliphatic heterocycles. The van der Waals surface area contributed by atoms with Crippen LogP contribution in [0.1, 0.15) is 21.5 Å². The average molecular weight is 309 g/mol. The Bertz CT molecular complexity index is 778. The molecule has 2 aromatic carbocycles. The van der Waals surface area contributed by atoms with Gasteiger partial charge in [-0.2, -0.15) is 5.26 Å². The van der Waals surface area contributed by atoms with Crippen LogP contribution in [0.25, 0.3) is 6.08 Å². The Labute approximate surface area is 134 Å². The number of hydrogen-bond acceptors (Lipinski definition) is 5. The van der Waals surface area contributed by atoms with Crippen LogP contribution >= 0.6 is 0 Å². The summed E-state index contributed by atoms with van der Waals surface area (Å²) in [5.41, 5.74) is 1.50. The van der Waals surface area contributed by atoms with Gasteiger partial charge in [0, 0.05) is 5.56 Å². The van der Waals surface area contributed by atoms with Crippen LogP contribution in [0.5, 0.6) is 17.2 Å². The van der Waals surface area contributed by atoms with Crippen LogP contribution in [-0.4, -0.2) is 25.1 Å². The number of ether oxygens (including phenoxy) is 2. The van der Waals surface area contributed by atoms with Gasteiger partial charge in [0.25, 0.3) is 0 Å². The second-order valence-electron chi connectivity index (χ2n) is 4.66. The normalized spacial score (nSPS) is 10.3. The number of aromatic hydroxyl groups is 1. The Kier molecular flexibility index (Phi) is 5.00. The summed E-state index contributed by atoms with van der Waals surface area (Å²) in [4.78, 5) is 12.2. The summed E-state index contributed by atoms with van der Waals surface area (Å²) >= 11 is 0. The lowest BCUT2D eigenvalue weighted by Crippen LogP contribution is -1.95. The van der Waals surface area contributed by atoms with E-state index in [0.717, 1.165) is 0 Å². The largest absolute Gasteiger partial charge is 0.502 e. The molecule has 2 rings (SSSR count). The van der Waals surface area contributed by atoms with Gasteiger partial charge in [-0.3, -0.25) is 4.79 Å². The second kappa shape index (κ2) is 7.14. The van der Waals surface area contributed by atoms with E-state index in [4.69, 9.17) is 14.7 Å². The zero-order valence-corrected chi connectivity index (χ0v) is 12.7. The zero-order valence-electron chi connectivity index (χ0n) is 12.7. The quantitative estimate of drug-likeness (QED) is 0.678. The molecule has 0 aliphatic carbocycles. The highest BCUT2D eigenvalue weighted by atomic mass is 16.5. The molecule has 0 bridgehead atoms. The molecule has 0 aromatic heterocycles. The van der Waals surface area contributed by atoms with Crippen LogP contribution in [0.4, 0.5) is 0 Å². The maximum Gasteiger partial charge on any atom is 0.200 e. The number of nitrogens with zero attached hydrogens (tertiary/aromatic N) is 1. The van der Waals surface area contributed by atoms with Gasteiger partial charge in [0.1, 0.15) is 0 Å². The molecule has 5 nitrogen and oxygen atoms in total. The summed E-state index contributed by atoms with van der Waals surface area (Å²) in [7, 11) is 2.86. The van der Waals surface area contributed by atoms with Gasteiger partial charge < -0.3 is 14.6 Å². The Hall–Kier alpha value is -3.26. The summed E-state index contributed by atoms with van der Waals surface area (Å²) in [6.45, 7) is 0. The lowest BCUT2D eigenvalue weighted by atomic mass is 10.1. The molecule has 23 heavy (non-hydrogen) atoms. The van der Waals surface area contributed by atoms with Crippen molar-refractivity contribution in [2.45, 2.75) is 0 Å². The van der Waals surface area contributed by atoms with Gasteiger partial charge in [-0.1, -0.05) is 18.2 Å². The third-order valence-corrected chi connectivity index (χ3v) is 3.21. The number of phenolic OH excluding ortho intramolecular Hbond substituents is 1. The number of benzene rings is 2. The van der Waals surface area contributed by atoms with E-state index < -0.39 is 0 Å². The van der Waals surface area contributed by atoms with Gasteiger partial charge in [-0.25, -0.2) is 0 Å². The predicted octanol–water partition coefficient (Wildman–Crippen LogP) is 3.18. The van der Waals surface area contributed by atoms with Crippen molar-refractivity contribution >= 4 is 11.9 Å². The number of carbonyl (C=O) groups excluding carboxylic acids is 1. The fraction of sp³-hybridized carbons (Fsp3) is 0.111. The van der Waals surface area contributed by atoms with E-state index in [9.17, 15) is 9.90 Å². The lowest BCUT2D eigenvalue weighted by Gasteiger charge is -2.09. The number of carbonyl (C=O) groups is 1. The van der Waals surface area contributed by atoms with E-state index >= 15 is 0 Å². The van der Waals surface area contributed by atoms with Crippen molar-refractivity contribution < 1.29 is 19.4 Å². The van der Waals surface area contributed by atoms with E-state index in [0.29, 0.717) is 16.7 Å². The van der Waals surface area contributed by atoms with Crippen molar-refractivity contribution in [3.8, 4) is 23.3 Å². The fourth-order valence-electron chi connectivity index (χ4n) is 2.02. The molecule has 0 aliphatic rings. The molecule has 5 heteroatoms. The number of rotatable bonds is 5. The summed E-state index contributed by atoms with van der Waals surface area (Å²) < 4.78 is 10.1. The van der Waals surface area contributed by atoms with E-state index in [-0.39, 0.29) is 23.0 Å². The van der Waals surface area contributed by atoms with Gasteiger partial charge in [-0.05, 0) is 35.9 Å². The minimum atomic E-state index is -0.229. The van der Waals surface area contributed by atoms with Gasteiger partial charge in [0.2, 0.25) is 5.75 Å². The molecule has 0 radical (unpaired) electrons. The topological polar surface area (TPSA) is 79.6 Å². The Morgan fingerprint density at radius 1 is 1.17 bits per heavy atom. The first-order valence-electron chi connectivity index (χ1n) is 6.76. The van der Waals surface area contributed by atoms with Crippen LogP contribution in [0, 0.1) is 11.3 Å². The minimum Gasteiger partial charge on any atom is -0.502 e. The Morgan fingerprint density at radius 2 is 1.83 bits per heavy atom. The lowest BCUT2D eigenvalue weighted by molar-refractivity contribution is 0.104. The number of phenols is 1. The first kappa shape index (κ1) is 16.1. The second-order valence-corrected chi connectivity index (χ2v) is 4.66. The number of methoxy groups -OCH3 is 2. The van der Waals surface area contributed by atoms with E-state index in [1.165, 1.54) is 26.4 Å². The third-order valence-electron chi connectivity index (χ3n) is 3.21. The number of nitriles is 1. The van der Waals surface area contributed by atoms with Crippen molar-refractivity contribution in [3.63, 3.8) is 0 Å². The molecule has 0 saturated carbocycles. The van der Waals surface area contributed by atoms with Gasteiger partial charge >= 0.3 is 0 Å². The van der Waals surface area contributed by atoms with Crippen LogP contribution in [-0.2, 0) is 0 Å². The summed E-state index contributed by atoms with van der Waals surface area (Å²) in [5, 5.41) is 18.7. The maximum atomic E-state index is 12.2. The Morgan fingerprint density at radius 3 is 2.39 bits per heavy atom. The molecule has 0 saturated heterocycles. The summed E-state index contributed by atoms with van der Waals surface area (Å²) in [5.74, 6) is 0.180. The van der Waals surface area contributed by atoms with E-state index in [1.807, 2.05) is 6.07 Å². The van der Waals surface area contributed by atoms with Gasteiger partial charge in [0.05, 0.1) is 25.9 Å². The highest BCUT2D eigenvalue weighted by Gasteiger charge is 2.10. The van der Waals surface area contributed by atoms with Crippen molar-refractivity contribution in [2.75, 3.05) is 14.2 Å². The minimum absolute atomic E-state index is 0.0970. The van der Waals surface area contributed by atoms with Crippen LogP contribution in [0.3, 0.4) is 0 Å². The van der Waals surface area contributed by atoms with E-state index in [2.05, 4.69) is 0 Å². The molecular weight excluding hydrogens is 294 g/mol. The van der Waals surface area contributed by atoms with Gasteiger partial charge in [-0.15, -0.1) is 0 Å². The highest BCUT2D eigenvalue weighted by molar-refractivity contribution is 6.07. The molecule has 1 N–H and O–H groups in total. The smallest absolute Gasteiger partial charge is 0.200 e. The summed E-state index contributed by atoms with van der Waals surface area (Å²) in [6, 6.07) is 11.6. The standard InChI is InChI=1S/C18H15NO4/c1-22-16-9-12(10-17(23-2)18(16)21)6-7-15(20)14-5-3-4-13(8-14)11-19/h3-10,21H,1-2H3/b7-6-. The predicted molar refractivity (Wildman–Crippen MR) is 85.7 cm³/mol. The monoisotopic (exact) mass is 309 g/mol. The summed E-state index contributed by atoms with van der Waals surface area (Å²) in [6.07, 6.45) is 2.98. The molecule has 0 fully saturated rings. The molecule has 0 heterocycles. The zero-order chi connectivity index (χ0) is 16.8. The molecule has 2 aromatic rings. The average Bonchev–Trinajstić information content (AvgIpc) is 2.60.